The van der Waals surface area contributed by atoms with Crippen LogP contribution in [0.3, 0.4) is 0 Å². The number of nitrogens with two attached hydrogens (primary N) is 1. The Morgan fingerprint density at radius 2 is 1.75 bits per heavy atom. The molecule has 0 saturated carbocycles. The van der Waals surface area contributed by atoms with Crippen molar-refractivity contribution in [3.63, 3.8) is 0 Å². The van der Waals surface area contributed by atoms with Gasteiger partial charge in [0.1, 0.15) is 6.61 Å². The van der Waals surface area contributed by atoms with Crippen molar-refractivity contribution in [3.8, 4) is 0 Å². The lowest BCUT2D eigenvalue weighted by Crippen LogP contribution is -2.24. The fourth-order valence-electron chi connectivity index (χ4n) is 2.01. The SMILES string of the molecule is NCC(=O)c1ccc(C=CCNC(=O)OCc2ccccc2)cc1. The number of nitrogens with one attached hydrogen (secondary N) is 1. The molecule has 5 heteroatoms. The molecule has 1 amide bonds. The van der Waals surface area contributed by atoms with Gasteiger partial charge in [0.2, 0.25) is 0 Å². The van der Waals surface area contributed by atoms with Gasteiger partial charge >= 0.3 is 6.09 Å². The normalized spacial score (nSPS) is 10.5. The summed E-state index contributed by atoms with van der Waals surface area (Å²) in [6.07, 6.45) is 3.20. The average Bonchev–Trinajstić information content (AvgIpc) is 2.64. The van der Waals surface area contributed by atoms with Crippen LogP contribution in [0.25, 0.3) is 6.08 Å². The first-order valence-corrected chi connectivity index (χ1v) is 7.63. The fraction of sp³-hybridized carbons (Fsp3) is 0.158. The molecule has 24 heavy (non-hydrogen) atoms. The number of amides is 1. The molecule has 2 aromatic carbocycles. The van der Waals surface area contributed by atoms with Gasteiger partial charge in [0, 0.05) is 12.1 Å². The summed E-state index contributed by atoms with van der Waals surface area (Å²) < 4.78 is 5.10. The van der Waals surface area contributed by atoms with Gasteiger partial charge in [0.05, 0.1) is 6.54 Å². The molecule has 0 aliphatic heterocycles. The lowest BCUT2D eigenvalue weighted by atomic mass is 10.1. The second-order valence-electron chi connectivity index (χ2n) is 5.09. The van der Waals surface area contributed by atoms with Gasteiger partial charge in [-0.05, 0) is 11.1 Å². The lowest BCUT2D eigenvalue weighted by Gasteiger charge is -2.05. The highest BCUT2D eigenvalue weighted by molar-refractivity contribution is 5.97. The Bertz CT molecular complexity index is 694. The van der Waals surface area contributed by atoms with Crippen molar-refractivity contribution in [2.45, 2.75) is 6.61 Å². The van der Waals surface area contributed by atoms with Crippen LogP contribution in [0.4, 0.5) is 4.79 Å². The van der Waals surface area contributed by atoms with Crippen LogP contribution in [0, 0.1) is 0 Å². The maximum atomic E-state index is 11.6. The standard InChI is InChI=1S/C19H20N2O3/c20-13-18(22)17-10-8-15(9-11-17)7-4-12-21-19(23)24-14-16-5-2-1-3-6-16/h1-11H,12-14,20H2,(H,21,23). The smallest absolute Gasteiger partial charge is 0.407 e. The summed E-state index contributed by atoms with van der Waals surface area (Å²) in [6, 6.07) is 16.6. The zero-order chi connectivity index (χ0) is 17.2. The van der Waals surface area contributed by atoms with E-state index in [1.165, 1.54) is 0 Å². The van der Waals surface area contributed by atoms with Crippen molar-refractivity contribution in [2.75, 3.05) is 13.1 Å². The van der Waals surface area contributed by atoms with E-state index < -0.39 is 6.09 Å². The van der Waals surface area contributed by atoms with Crippen LogP contribution < -0.4 is 11.1 Å². The van der Waals surface area contributed by atoms with Crippen molar-refractivity contribution in [3.05, 3.63) is 77.4 Å². The number of alkyl carbamates (subject to hydrolysis) is 1. The van der Waals surface area contributed by atoms with Gasteiger partial charge in [0.25, 0.3) is 0 Å². The van der Waals surface area contributed by atoms with Crippen LogP contribution in [-0.2, 0) is 11.3 Å². The molecular weight excluding hydrogens is 304 g/mol. The Morgan fingerprint density at radius 1 is 1.04 bits per heavy atom. The van der Waals surface area contributed by atoms with Crippen molar-refractivity contribution in [1.29, 1.82) is 0 Å². The van der Waals surface area contributed by atoms with E-state index in [9.17, 15) is 9.59 Å². The van der Waals surface area contributed by atoms with E-state index in [1.807, 2.05) is 54.6 Å². The average molecular weight is 324 g/mol. The highest BCUT2D eigenvalue weighted by atomic mass is 16.5. The topological polar surface area (TPSA) is 81.4 Å². The number of hydrogen-bond acceptors (Lipinski definition) is 4. The predicted molar refractivity (Wildman–Crippen MR) is 93.5 cm³/mol. The molecule has 0 atom stereocenters. The molecule has 0 aliphatic rings. The minimum absolute atomic E-state index is 0.00417. The van der Waals surface area contributed by atoms with Gasteiger partial charge in [0.15, 0.2) is 5.78 Å². The molecule has 0 heterocycles. The van der Waals surface area contributed by atoms with Crippen LogP contribution in [0.2, 0.25) is 0 Å². The van der Waals surface area contributed by atoms with E-state index in [2.05, 4.69) is 5.32 Å². The zero-order valence-corrected chi connectivity index (χ0v) is 13.3. The number of Topliss-reactive ketones (excluding diaryl/α,β-unsaturated/α-hetero) is 1. The molecule has 0 radical (unpaired) electrons. The van der Waals surface area contributed by atoms with Crippen LogP contribution in [0.1, 0.15) is 21.5 Å². The van der Waals surface area contributed by atoms with E-state index in [0.717, 1.165) is 11.1 Å². The fourth-order valence-corrected chi connectivity index (χ4v) is 2.01. The molecule has 0 saturated heterocycles. The summed E-state index contributed by atoms with van der Waals surface area (Å²) in [4.78, 5) is 23.0. The largest absolute Gasteiger partial charge is 0.445 e. The Morgan fingerprint density at radius 3 is 2.42 bits per heavy atom. The minimum Gasteiger partial charge on any atom is -0.445 e. The van der Waals surface area contributed by atoms with Gasteiger partial charge in [-0.25, -0.2) is 4.79 Å². The summed E-state index contributed by atoms with van der Waals surface area (Å²) in [7, 11) is 0. The van der Waals surface area contributed by atoms with E-state index in [4.69, 9.17) is 10.5 Å². The first kappa shape index (κ1) is 17.4. The molecule has 0 fully saturated rings. The molecule has 3 N–H and O–H groups in total. The molecule has 0 aromatic heterocycles. The maximum absolute atomic E-state index is 11.6. The Kier molecular flexibility index (Phi) is 6.73. The summed E-state index contributed by atoms with van der Waals surface area (Å²) in [5.41, 5.74) is 7.78. The van der Waals surface area contributed by atoms with Gasteiger partial charge in [-0.15, -0.1) is 0 Å². The van der Waals surface area contributed by atoms with E-state index in [0.29, 0.717) is 12.1 Å². The molecule has 2 rings (SSSR count). The molecule has 124 valence electrons. The van der Waals surface area contributed by atoms with Crippen LogP contribution in [0.5, 0.6) is 0 Å². The van der Waals surface area contributed by atoms with Crippen molar-refractivity contribution >= 4 is 18.0 Å². The van der Waals surface area contributed by atoms with E-state index >= 15 is 0 Å². The predicted octanol–water partition coefficient (Wildman–Crippen LogP) is 2.77. The Hall–Kier alpha value is -2.92. The third-order valence-corrected chi connectivity index (χ3v) is 3.31. The highest BCUT2D eigenvalue weighted by Gasteiger charge is 2.02. The van der Waals surface area contributed by atoms with Crippen LogP contribution >= 0.6 is 0 Å². The van der Waals surface area contributed by atoms with Crippen LogP contribution in [0.15, 0.2) is 60.7 Å². The molecule has 0 bridgehead atoms. The molecule has 0 spiro atoms. The summed E-state index contributed by atoms with van der Waals surface area (Å²) in [5.74, 6) is -0.0895. The minimum atomic E-state index is -0.465. The summed E-state index contributed by atoms with van der Waals surface area (Å²) >= 11 is 0. The number of carbonyl (C=O) groups is 2. The molecule has 0 aliphatic carbocycles. The number of carbonyl (C=O) groups excluding carboxylic acids is 2. The molecule has 0 unspecified atom stereocenters. The Balaban J connectivity index is 1.72. The second-order valence-corrected chi connectivity index (χ2v) is 5.09. The monoisotopic (exact) mass is 324 g/mol. The Labute approximate surface area is 141 Å². The van der Waals surface area contributed by atoms with Crippen molar-refractivity contribution in [2.24, 2.45) is 5.73 Å². The lowest BCUT2D eigenvalue weighted by molar-refractivity contribution is 0.100. The summed E-state index contributed by atoms with van der Waals surface area (Å²) in [6.45, 7) is 0.605. The van der Waals surface area contributed by atoms with Crippen molar-refractivity contribution in [1.82, 2.24) is 5.32 Å². The maximum Gasteiger partial charge on any atom is 0.407 e. The first-order valence-electron chi connectivity index (χ1n) is 7.63. The zero-order valence-electron chi connectivity index (χ0n) is 13.3. The first-order chi connectivity index (χ1) is 11.7. The van der Waals surface area contributed by atoms with Gasteiger partial charge in [-0.3, -0.25) is 4.79 Å². The molecule has 5 nitrogen and oxygen atoms in total. The number of ether oxygens (including phenoxy) is 1. The number of rotatable bonds is 7. The van der Waals surface area contributed by atoms with E-state index in [1.54, 1.807) is 12.1 Å². The second kappa shape index (κ2) is 9.27. The summed E-state index contributed by atoms with van der Waals surface area (Å²) in [5, 5.41) is 2.64. The van der Waals surface area contributed by atoms with Crippen molar-refractivity contribution < 1.29 is 14.3 Å². The highest BCUT2D eigenvalue weighted by Crippen LogP contribution is 2.06. The molecule has 2 aromatic rings. The number of hydrogen-bond donors (Lipinski definition) is 2. The van der Waals surface area contributed by atoms with Crippen LogP contribution in [-0.4, -0.2) is 25.0 Å². The molecular formula is C19H20N2O3. The third-order valence-electron chi connectivity index (χ3n) is 3.31. The van der Waals surface area contributed by atoms with Gasteiger partial charge in [-0.2, -0.15) is 0 Å². The van der Waals surface area contributed by atoms with E-state index in [-0.39, 0.29) is 18.9 Å². The third kappa shape index (κ3) is 5.70. The van der Waals surface area contributed by atoms with Gasteiger partial charge in [-0.1, -0.05) is 66.7 Å². The number of benzene rings is 2. The number of ketones is 1. The quantitative estimate of drug-likeness (QED) is 0.767. The van der Waals surface area contributed by atoms with Gasteiger partial charge < -0.3 is 15.8 Å².